The van der Waals surface area contributed by atoms with E-state index >= 15 is 0 Å². The number of para-hydroxylation sites is 1. The predicted octanol–water partition coefficient (Wildman–Crippen LogP) is 1.16. The van der Waals surface area contributed by atoms with Crippen LogP contribution in [0.5, 0.6) is 5.75 Å². The van der Waals surface area contributed by atoms with Crippen LogP contribution in [-0.4, -0.2) is 40.8 Å². The second kappa shape index (κ2) is 12.9. The Labute approximate surface area is 161 Å². The van der Waals surface area contributed by atoms with Crippen molar-refractivity contribution in [2.75, 3.05) is 33.5 Å². The van der Waals surface area contributed by atoms with Crippen LogP contribution in [-0.2, 0) is 9.47 Å². The van der Waals surface area contributed by atoms with Gasteiger partial charge < -0.3 is 31.5 Å². The molecule has 0 atom stereocenters. The highest BCUT2D eigenvalue weighted by Crippen LogP contribution is 2.08. The molecule has 0 N–H and O–H groups in total. The van der Waals surface area contributed by atoms with Crippen LogP contribution in [0.1, 0.15) is 0 Å². The third kappa shape index (κ3) is 12.1. The summed E-state index contributed by atoms with van der Waals surface area (Å²) in [5.74, 6) is 0.976. The molecule has 0 spiro atoms. The Balaban J connectivity index is 0.000000597. The Hall–Kier alpha value is -1.33. The molecule has 0 unspecified atom stereocenters. The summed E-state index contributed by atoms with van der Waals surface area (Å²) in [6.07, 6.45) is 0. The topological polar surface area (TPSA) is 27.7 Å². The third-order valence-electron chi connectivity index (χ3n) is 2.70. The van der Waals surface area contributed by atoms with E-state index in [1.54, 1.807) is 7.11 Å². The predicted molar refractivity (Wildman–Crippen MR) is 88.7 cm³/mol. The molecule has 2 aromatic rings. The molecule has 0 bridgehead atoms. The maximum Gasteiger partial charge on any atom is 0.673 e. The number of halogens is 5. The van der Waals surface area contributed by atoms with E-state index in [9.17, 15) is 17.3 Å². The first-order chi connectivity index (χ1) is 12.4. The van der Waals surface area contributed by atoms with Gasteiger partial charge in [-0.25, -0.2) is 0 Å². The van der Waals surface area contributed by atoms with Crippen LogP contribution in [0, 0.1) is 7.14 Å². The second-order valence-electron chi connectivity index (χ2n) is 4.77. The minimum atomic E-state index is -6.00. The molecule has 0 aromatic heterocycles. The molecular formula is C17H20BF4IO3. The number of methoxy groups -OCH3 is 1. The number of hydrogen-bond acceptors (Lipinski definition) is 3. The molecule has 0 saturated carbocycles. The largest absolute Gasteiger partial charge is 0.673 e. The lowest BCUT2D eigenvalue weighted by Crippen LogP contribution is -3.61. The van der Waals surface area contributed by atoms with E-state index < -0.39 is 7.25 Å². The zero-order valence-corrected chi connectivity index (χ0v) is 16.4. The Kier molecular flexibility index (Phi) is 11.3. The molecule has 144 valence electrons. The first-order valence-electron chi connectivity index (χ1n) is 7.76. The normalized spacial score (nSPS) is 10.8. The highest BCUT2D eigenvalue weighted by Gasteiger charge is 2.21. The fraction of sp³-hybridized carbons (Fsp3) is 0.294. The average molecular weight is 486 g/mol. The molecule has 2 aromatic carbocycles. The third-order valence-corrected chi connectivity index (χ3v) is 5.51. The first kappa shape index (κ1) is 22.7. The van der Waals surface area contributed by atoms with Gasteiger partial charge in [-0.05, 0) is 24.3 Å². The van der Waals surface area contributed by atoms with Crippen LogP contribution >= 0.6 is 0 Å². The van der Waals surface area contributed by atoms with Gasteiger partial charge in [0.2, 0.25) is 3.57 Å². The molecule has 0 saturated heterocycles. The van der Waals surface area contributed by atoms with Gasteiger partial charge in [0.25, 0.3) is 0 Å². The lowest BCUT2D eigenvalue weighted by atomic mass is 10.3. The summed E-state index contributed by atoms with van der Waals surface area (Å²) in [5.41, 5.74) is 0. The lowest BCUT2D eigenvalue weighted by molar-refractivity contribution is -0.598. The molecule has 2 rings (SSSR count). The smallest absolute Gasteiger partial charge is 0.486 e. The Morgan fingerprint density at radius 2 is 1.38 bits per heavy atom. The van der Waals surface area contributed by atoms with Crippen molar-refractivity contribution in [2.45, 2.75) is 0 Å². The van der Waals surface area contributed by atoms with Crippen molar-refractivity contribution in [1.82, 2.24) is 0 Å². The average Bonchev–Trinajstić information content (AvgIpc) is 2.59. The van der Waals surface area contributed by atoms with Gasteiger partial charge in [-0.1, -0.05) is 30.3 Å². The van der Waals surface area contributed by atoms with E-state index in [4.69, 9.17) is 14.2 Å². The van der Waals surface area contributed by atoms with Gasteiger partial charge >= 0.3 is 28.5 Å². The number of hydrogen-bond donors (Lipinski definition) is 0. The van der Waals surface area contributed by atoms with Gasteiger partial charge in [0.15, 0.2) is 9.32 Å². The van der Waals surface area contributed by atoms with Gasteiger partial charge in [0.05, 0.1) is 19.8 Å². The van der Waals surface area contributed by atoms with E-state index in [0.29, 0.717) is 26.4 Å². The summed E-state index contributed by atoms with van der Waals surface area (Å²) < 4.78 is 57.9. The molecule has 0 fully saturated rings. The molecule has 26 heavy (non-hydrogen) atoms. The molecule has 0 aliphatic carbocycles. The maximum atomic E-state index is 9.75. The van der Waals surface area contributed by atoms with Crippen LogP contribution in [0.25, 0.3) is 0 Å². The summed E-state index contributed by atoms with van der Waals surface area (Å²) in [6, 6.07) is 18.8. The fourth-order valence-corrected chi connectivity index (χ4v) is 4.12. The van der Waals surface area contributed by atoms with Crippen molar-refractivity contribution in [2.24, 2.45) is 0 Å². The SMILES string of the molecule is COCCOCCOc1ccccc1[I+]c1ccccc1.F[B-](F)(F)F. The Morgan fingerprint density at radius 3 is 2.04 bits per heavy atom. The second-order valence-corrected chi connectivity index (χ2v) is 7.72. The lowest BCUT2D eigenvalue weighted by Gasteiger charge is -2.06. The van der Waals surface area contributed by atoms with Gasteiger partial charge in [0.1, 0.15) is 6.61 Å². The first-order valence-corrected chi connectivity index (χ1v) is 9.91. The van der Waals surface area contributed by atoms with Crippen LogP contribution < -0.4 is 25.9 Å². The molecule has 0 aliphatic heterocycles. The van der Waals surface area contributed by atoms with Crippen LogP contribution in [0.15, 0.2) is 54.6 Å². The van der Waals surface area contributed by atoms with Gasteiger partial charge in [-0.2, -0.15) is 0 Å². The van der Waals surface area contributed by atoms with E-state index in [1.807, 2.05) is 18.2 Å². The molecule has 3 nitrogen and oxygen atoms in total. The molecular weight excluding hydrogens is 466 g/mol. The van der Waals surface area contributed by atoms with Crippen molar-refractivity contribution >= 4 is 7.25 Å². The maximum absolute atomic E-state index is 9.75. The van der Waals surface area contributed by atoms with E-state index in [1.165, 1.54) is 7.14 Å². The van der Waals surface area contributed by atoms with Crippen molar-refractivity contribution in [3.05, 3.63) is 61.7 Å². The quantitative estimate of drug-likeness (QED) is 0.231. The van der Waals surface area contributed by atoms with Crippen molar-refractivity contribution in [1.29, 1.82) is 0 Å². The van der Waals surface area contributed by atoms with E-state index in [0.717, 1.165) is 5.75 Å². The fourth-order valence-electron chi connectivity index (χ4n) is 1.69. The standard InChI is InChI=1S/C17H20IO3.BF4/c1-19-11-12-20-13-14-21-17-10-6-5-9-16(17)18-15-7-3-2-4-8-15;2-1(3,4)5/h2-10H,11-14H2,1H3;/q+1;-1. The number of rotatable bonds is 9. The molecule has 0 aliphatic rings. The summed E-state index contributed by atoms with van der Waals surface area (Å²) in [4.78, 5) is 0. The zero-order chi connectivity index (χ0) is 19.3. The Bertz CT molecular complexity index is 608. The van der Waals surface area contributed by atoms with Crippen molar-refractivity contribution in [3.63, 3.8) is 0 Å². The molecule has 0 radical (unpaired) electrons. The Morgan fingerprint density at radius 1 is 0.808 bits per heavy atom. The molecule has 9 heteroatoms. The van der Waals surface area contributed by atoms with Crippen molar-refractivity contribution in [3.8, 4) is 5.75 Å². The van der Waals surface area contributed by atoms with Gasteiger partial charge in [-0.15, -0.1) is 0 Å². The minimum absolute atomic E-state index is 0.211. The zero-order valence-electron chi connectivity index (χ0n) is 14.2. The summed E-state index contributed by atoms with van der Waals surface area (Å²) in [6.45, 7) is 2.38. The number of ether oxygens (including phenoxy) is 3. The van der Waals surface area contributed by atoms with E-state index in [-0.39, 0.29) is 21.2 Å². The monoisotopic (exact) mass is 486 g/mol. The summed E-state index contributed by atoms with van der Waals surface area (Å²) >= 11 is -0.211. The van der Waals surface area contributed by atoms with Crippen LogP contribution in [0.4, 0.5) is 17.3 Å². The van der Waals surface area contributed by atoms with Gasteiger partial charge in [0, 0.05) is 7.11 Å². The van der Waals surface area contributed by atoms with Gasteiger partial charge in [-0.3, -0.25) is 0 Å². The molecule has 0 heterocycles. The number of benzene rings is 2. The minimum Gasteiger partial charge on any atom is -0.486 e. The van der Waals surface area contributed by atoms with Crippen LogP contribution in [0.3, 0.4) is 0 Å². The summed E-state index contributed by atoms with van der Waals surface area (Å²) in [7, 11) is -4.33. The highest BCUT2D eigenvalue weighted by molar-refractivity contribution is 6.50. The van der Waals surface area contributed by atoms with E-state index in [2.05, 4.69) is 36.4 Å². The van der Waals surface area contributed by atoms with Crippen molar-refractivity contribution < 1.29 is 52.7 Å². The summed E-state index contributed by atoms with van der Waals surface area (Å²) in [5, 5.41) is 0. The van der Waals surface area contributed by atoms with Crippen LogP contribution in [0.2, 0.25) is 0 Å². The molecule has 0 amide bonds. The highest BCUT2D eigenvalue weighted by atomic mass is 127.